The summed E-state index contributed by atoms with van der Waals surface area (Å²) in [6.45, 7) is 2.10. The van der Waals surface area contributed by atoms with Crippen LogP contribution in [0.3, 0.4) is 0 Å². The predicted molar refractivity (Wildman–Crippen MR) is 78.5 cm³/mol. The highest BCUT2D eigenvalue weighted by Gasteiger charge is 2.24. The minimum Gasteiger partial charge on any atom is -0.465 e. The Bertz CT molecular complexity index is 642. The number of methoxy groups -OCH3 is 1. The molecule has 1 aliphatic heterocycles. The first-order chi connectivity index (χ1) is 10.4. The molecule has 1 aliphatic rings. The number of nitrogens with one attached hydrogen (secondary N) is 2. The lowest BCUT2D eigenvalue weighted by atomic mass is 10.1. The number of esters is 1. The van der Waals surface area contributed by atoms with Crippen molar-refractivity contribution in [2.24, 2.45) is 5.92 Å². The minimum atomic E-state index is -3.89. The number of hydrogen-bond acceptors (Lipinski definition) is 5. The molecule has 8 heteroatoms. The number of halogens is 1. The van der Waals surface area contributed by atoms with Crippen LogP contribution in [0.2, 0.25) is 0 Å². The molecule has 0 radical (unpaired) electrons. The molecule has 0 saturated carbocycles. The fraction of sp³-hybridized carbons (Fsp3) is 0.500. The van der Waals surface area contributed by atoms with Gasteiger partial charge in [0.2, 0.25) is 10.0 Å². The molecule has 0 bridgehead atoms. The maximum Gasteiger partial charge on any atom is 0.339 e. The van der Waals surface area contributed by atoms with Crippen LogP contribution in [-0.4, -0.2) is 41.1 Å². The van der Waals surface area contributed by atoms with Gasteiger partial charge in [0.1, 0.15) is 5.82 Å². The van der Waals surface area contributed by atoms with Crippen LogP contribution in [0.25, 0.3) is 0 Å². The van der Waals surface area contributed by atoms with Gasteiger partial charge in [-0.1, -0.05) is 0 Å². The Morgan fingerprint density at radius 2 is 2.27 bits per heavy atom. The van der Waals surface area contributed by atoms with Crippen LogP contribution in [0, 0.1) is 11.7 Å². The van der Waals surface area contributed by atoms with Gasteiger partial charge in [0.15, 0.2) is 0 Å². The van der Waals surface area contributed by atoms with E-state index in [-0.39, 0.29) is 17.0 Å². The lowest BCUT2D eigenvalue weighted by Crippen LogP contribution is -2.28. The number of sulfonamides is 1. The zero-order chi connectivity index (χ0) is 16.2. The van der Waals surface area contributed by atoms with Gasteiger partial charge in [-0.2, -0.15) is 0 Å². The Morgan fingerprint density at radius 3 is 2.91 bits per heavy atom. The number of carbonyl (C=O) groups is 1. The maximum atomic E-state index is 13.3. The van der Waals surface area contributed by atoms with Gasteiger partial charge < -0.3 is 10.1 Å². The van der Waals surface area contributed by atoms with Crippen LogP contribution in [0.5, 0.6) is 0 Å². The molecule has 0 aromatic heterocycles. The molecule has 1 heterocycles. The van der Waals surface area contributed by atoms with E-state index in [1.165, 1.54) is 0 Å². The third-order valence-electron chi connectivity index (χ3n) is 3.64. The van der Waals surface area contributed by atoms with Gasteiger partial charge in [-0.15, -0.1) is 0 Å². The van der Waals surface area contributed by atoms with Crippen LogP contribution in [-0.2, 0) is 14.8 Å². The van der Waals surface area contributed by atoms with Gasteiger partial charge in [0, 0.05) is 6.54 Å². The molecule has 1 saturated heterocycles. The van der Waals surface area contributed by atoms with E-state index in [0.29, 0.717) is 12.3 Å². The summed E-state index contributed by atoms with van der Waals surface area (Å²) in [5.74, 6) is -1.15. The molecule has 1 unspecified atom stereocenters. The number of rotatable bonds is 6. The van der Waals surface area contributed by atoms with Crippen LogP contribution in [0.1, 0.15) is 23.2 Å². The summed E-state index contributed by atoms with van der Waals surface area (Å²) >= 11 is 0. The molecular formula is C14H19FN2O4S. The summed E-state index contributed by atoms with van der Waals surface area (Å²) in [6, 6.07) is 2.93. The Balaban J connectivity index is 2.12. The zero-order valence-electron chi connectivity index (χ0n) is 12.3. The Labute approximate surface area is 129 Å². The van der Waals surface area contributed by atoms with Crippen molar-refractivity contribution in [1.29, 1.82) is 0 Å². The van der Waals surface area contributed by atoms with Crippen LogP contribution in [0.15, 0.2) is 23.1 Å². The summed E-state index contributed by atoms with van der Waals surface area (Å²) in [4.78, 5) is 11.4. The molecular weight excluding hydrogens is 311 g/mol. The maximum absolute atomic E-state index is 13.3. The van der Waals surface area contributed by atoms with E-state index in [4.69, 9.17) is 0 Å². The zero-order valence-corrected chi connectivity index (χ0v) is 13.1. The van der Waals surface area contributed by atoms with Crippen molar-refractivity contribution < 1.29 is 22.3 Å². The van der Waals surface area contributed by atoms with Crippen LogP contribution >= 0.6 is 0 Å². The van der Waals surface area contributed by atoms with Crippen molar-refractivity contribution >= 4 is 16.0 Å². The molecule has 6 nitrogen and oxygen atoms in total. The van der Waals surface area contributed by atoms with E-state index in [0.717, 1.165) is 44.8 Å². The van der Waals surface area contributed by atoms with Gasteiger partial charge in [0.25, 0.3) is 0 Å². The average molecular weight is 330 g/mol. The summed E-state index contributed by atoms with van der Waals surface area (Å²) in [5.41, 5.74) is -0.308. The Kier molecular flexibility index (Phi) is 5.49. The normalized spacial score (nSPS) is 18.4. The van der Waals surface area contributed by atoms with Crippen LogP contribution in [0.4, 0.5) is 4.39 Å². The predicted octanol–water partition coefficient (Wildman–Crippen LogP) is 0.890. The second kappa shape index (κ2) is 7.17. The molecule has 0 aliphatic carbocycles. The first kappa shape index (κ1) is 16.9. The first-order valence-corrected chi connectivity index (χ1v) is 8.50. The monoisotopic (exact) mass is 330 g/mol. The first-order valence-electron chi connectivity index (χ1n) is 7.02. The third-order valence-corrected chi connectivity index (χ3v) is 5.16. The molecule has 2 N–H and O–H groups in total. The summed E-state index contributed by atoms with van der Waals surface area (Å²) in [5, 5.41) is 3.21. The fourth-order valence-electron chi connectivity index (χ4n) is 2.44. The number of hydrogen-bond donors (Lipinski definition) is 2. The highest BCUT2D eigenvalue weighted by molar-refractivity contribution is 7.89. The summed E-state index contributed by atoms with van der Waals surface area (Å²) < 4.78 is 44.8. The average Bonchev–Trinajstić information content (AvgIpc) is 2.99. The van der Waals surface area contributed by atoms with E-state index >= 15 is 0 Å². The minimum absolute atomic E-state index is 0.271. The fourth-order valence-corrected chi connectivity index (χ4v) is 3.66. The van der Waals surface area contributed by atoms with Gasteiger partial charge in [-0.25, -0.2) is 22.3 Å². The summed E-state index contributed by atoms with van der Waals surface area (Å²) in [7, 11) is -2.78. The van der Waals surface area contributed by atoms with Crippen molar-refractivity contribution in [3.8, 4) is 0 Å². The van der Waals surface area contributed by atoms with E-state index in [2.05, 4.69) is 14.8 Å². The molecule has 1 fully saturated rings. The van der Waals surface area contributed by atoms with Crippen LogP contribution < -0.4 is 10.0 Å². The van der Waals surface area contributed by atoms with Crippen molar-refractivity contribution in [2.45, 2.75) is 17.7 Å². The van der Waals surface area contributed by atoms with E-state index in [1.54, 1.807) is 0 Å². The van der Waals surface area contributed by atoms with Gasteiger partial charge in [0.05, 0.1) is 17.6 Å². The van der Waals surface area contributed by atoms with E-state index < -0.39 is 21.8 Å². The molecule has 1 aromatic carbocycles. The highest BCUT2D eigenvalue weighted by atomic mass is 32.2. The second-order valence-corrected chi connectivity index (χ2v) is 6.91. The Hall–Kier alpha value is -1.51. The third kappa shape index (κ3) is 4.02. The lowest BCUT2D eigenvalue weighted by Gasteiger charge is -2.12. The van der Waals surface area contributed by atoms with Gasteiger partial charge in [-0.05, 0) is 50.0 Å². The largest absolute Gasteiger partial charge is 0.465 e. The van der Waals surface area contributed by atoms with Gasteiger partial charge in [-0.3, -0.25) is 0 Å². The standard InChI is InChI=1S/C14H19FN2O4S/c1-21-14(18)12-8-11(15)2-3-13(12)22(19,20)17-7-5-10-4-6-16-9-10/h2-3,8,10,16-17H,4-7,9H2,1H3. The number of benzene rings is 1. The number of ether oxygens (including phenoxy) is 1. The lowest BCUT2D eigenvalue weighted by molar-refractivity contribution is 0.0595. The molecule has 0 spiro atoms. The Morgan fingerprint density at radius 1 is 1.50 bits per heavy atom. The molecule has 22 heavy (non-hydrogen) atoms. The second-order valence-electron chi connectivity index (χ2n) is 5.18. The molecule has 122 valence electrons. The van der Waals surface area contributed by atoms with Crippen molar-refractivity contribution in [3.63, 3.8) is 0 Å². The van der Waals surface area contributed by atoms with Gasteiger partial charge >= 0.3 is 5.97 Å². The molecule has 2 rings (SSSR count). The molecule has 0 amide bonds. The highest BCUT2D eigenvalue weighted by Crippen LogP contribution is 2.19. The van der Waals surface area contributed by atoms with Crippen molar-refractivity contribution in [3.05, 3.63) is 29.6 Å². The molecule has 1 aromatic rings. The topological polar surface area (TPSA) is 84.5 Å². The summed E-state index contributed by atoms with van der Waals surface area (Å²) in [6.07, 6.45) is 1.73. The number of carbonyl (C=O) groups excluding carboxylic acids is 1. The van der Waals surface area contributed by atoms with E-state index in [9.17, 15) is 17.6 Å². The van der Waals surface area contributed by atoms with Crippen molar-refractivity contribution in [2.75, 3.05) is 26.7 Å². The molecule has 1 atom stereocenters. The quantitative estimate of drug-likeness (QED) is 0.757. The SMILES string of the molecule is COC(=O)c1cc(F)ccc1S(=O)(=O)NCCC1CCNC1. The smallest absolute Gasteiger partial charge is 0.339 e. The van der Waals surface area contributed by atoms with E-state index in [1.807, 2.05) is 0 Å². The van der Waals surface area contributed by atoms with Crippen molar-refractivity contribution in [1.82, 2.24) is 10.0 Å².